The van der Waals surface area contributed by atoms with Crippen molar-refractivity contribution >= 4 is 11.8 Å². The predicted molar refractivity (Wildman–Crippen MR) is 94.0 cm³/mol. The number of nitrogens with zero attached hydrogens (tertiary/aromatic N) is 3. The first-order chi connectivity index (χ1) is 11.5. The Morgan fingerprint density at radius 3 is 2.58 bits per heavy atom. The highest BCUT2D eigenvalue weighted by atomic mass is 16.2. The summed E-state index contributed by atoms with van der Waals surface area (Å²) < 4.78 is 0. The Balaban J connectivity index is 1.96. The molecule has 1 aromatic rings. The molecule has 0 spiro atoms. The van der Waals surface area contributed by atoms with Crippen molar-refractivity contribution in [3.8, 4) is 0 Å². The SMILES string of the molecule is CCN1CCN(C(=O)c2cc(C(=O)NCCC(C)C)ccn2)CC1. The molecule has 0 radical (unpaired) electrons. The molecule has 1 aromatic heterocycles. The maximum Gasteiger partial charge on any atom is 0.272 e. The molecule has 0 unspecified atom stereocenters. The molecule has 1 saturated heterocycles. The molecule has 0 bridgehead atoms. The summed E-state index contributed by atoms with van der Waals surface area (Å²) in [6.07, 6.45) is 2.47. The minimum Gasteiger partial charge on any atom is -0.352 e. The third-order valence-electron chi connectivity index (χ3n) is 4.36. The lowest BCUT2D eigenvalue weighted by atomic mass is 10.1. The van der Waals surface area contributed by atoms with E-state index in [1.807, 2.05) is 4.90 Å². The highest BCUT2D eigenvalue weighted by molar-refractivity contribution is 5.98. The van der Waals surface area contributed by atoms with Crippen LogP contribution in [0.1, 0.15) is 48.0 Å². The van der Waals surface area contributed by atoms with Gasteiger partial charge in [-0.1, -0.05) is 20.8 Å². The minimum atomic E-state index is -0.150. The van der Waals surface area contributed by atoms with Crippen LogP contribution in [0.25, 0.3) is 0 Å². The van der Waals surface area contributed by atoms with E-state index >= 15 is 0 Å². The topological polar surface area (TPSA) is 65.5 Å². The molecule has 6 heteroatoms. The van der Waals surface area contributed by atoms with E-state index in [-0.39, 0.29) is 11.8 Å². The van der Waals surface area contributed by atoms with E-state index in [0.717, 1.165) is 26.1 Å². The first kappa shape index (κ1) is 18.4. The summed E-state index contributed by atoms with van der Waals surface area (Å²) in [5, 5.41) is 2.89. The lowest BCUT2D eigenvalue weighted by Gasteiger charge is -2.33. The van der Waals surface area contributed by atoms with Crippen LogP contribution in [-0.4, -0.2) is 65.9 Å². The van der Waals surface area contributed by atoms with Crippen LogP contribution < -0.4 is 5.32 Å². The maximum atomic E-state index is 12.6. The summed E-state index contributed by atoms with van der Waals surface area (Å²) in [4.78, 5) is 33.1. The van der Waals surface area contributed by atoms with Gasteiger partial charge in [0.15, 0.2) is 0 Å². The van der Waals surface area contributed by atoms with Gasteiger partial charge in [0.25, 0.3) is 11.8 Å². The van der Waals surface area contributed by atoms with Crippen LogP contribution in [-0.2, 0) is 0 Å². The molecule has 0 aliphatic carbocycles. The Bertz CT molecular complexity index is 566. The minimum absolute atomic E-state index is 0.0948. The molecule has 2 rings (SSSR count). The summed E-state index contributed by atoms with van der Waals surface area (Å²) in [5.74, 6) is 0.298. The fourth-order valence-corrected chi connectivity index (χ4v) is 2.69. The molecule has 2 heterocycles. The van der Waals surface area contributed by atoms with E-state index in [0.29, 0.717) is 36.8 Å². The number of aromatic nitrogens is 1. The number of rotatable bonds is 6. The first-order valence-corrected chi connectivity index (χ1v) is 8.77. The Hall–Kier alpha value is -1.95. The molecule has 0 atom stereocenters. The second kappa shape index (κ2) is 8.78. The summed E-state index contributed by atoms with van der Waals surface area (Å²) in [6.45, 7) is 11.2. The van der Waals surface area contributed by atoms with Gasteiger partial charge >= 0.3 is 0 Å². The first-order valence-electron chi connectivity index (χ1n) is 8.77. The van der Waals surface area contributed by atoms with Crippen molar-refractivity contribution in [2.75, 3.05) is 39.3 Å². The van der Waals surface area contributed by atoms with E-state index in [2.05, 4.69) is 36.0 Å². The number of hydrogen-bond acceptors (Lipinski definition) is 4. The van der Waals surface area contributed by atoms with Crippen LogP contribution in [0.15, 0.2) is 18.3 Å². The lowest BCUT2D eigenvalue weighted by Crippen LogP contribution is -2.48. The molecule has 1 aliphatic heterocycles. The largest absolute Gasteiger partial charge is 0.352 e. The van der Waals surface area contributed by atoms with Crippen molar-refractivity contribution in [2.45, 2.75) is 27.2 Å². The number of carbonyl (C=O) groups excluding carboxylic acids is 2. The van der Waals surface area contributed by atoms with E-state index in [9.17, 15) is 9.59 Å². The standard InChI is InChI=1S/C18H28N4O2/c1-4-21-9-11-22(12-10-21)18(24)16-13-15(6-8-19-16)17(23)20-7-5-14(2)3/h6,8,13-14H,4-5,7,9-12H2,1-3H3,(H,20,23). The van der Waals surface area contributed by atoms with E-state index in [1.165, 1.54) is 6.20 Å². The average Bonchev–Trinajstić information content (AvgIpc) is 2.61. The number of likely N-dealkylation sites (N-methyl/N-ethyl adjacent to an activating group) is 1. The van der Waals surface area contributed by atoms with Gasteiger partial charge in [-0.3, -0.25) is 14.6 Å². The van der Waals surface area contributed by atoms with Crippen molar-refractivity contribution in [2.24, 2.45) is 5.92 Å². The molecular formula is C18H28N4O2. The Morgan fingerprint density at radius 1 is 1.25 bits per heavy atom. The van der Waals surface area contributed by atoms with Crippen LogP contribution in [0.4, 0.5) is 0 Å². The molecule has 132 valence electrons. The summed E-state index contributed by atoms with van der Waals surface area (Å²) in [7, 11) is 0. The number of carbonyl (C=O) groups is 2. The highest BCUT2D eigenvalue weighted by Crippen LogP contribution is 2.09. The van der Waals surface area contributed by atoms with E-state index in [4.69, 9.17) is 0 Å². The van der Waals surface area contributed by atoms with Crippen molar-refractivity contribution in [1.82, 2.24) is 20.1 Å². The normalized spacial score (nSPS) is 15.6. The number of hydrogen-bond donors (Lipinski definition) is 1. The van der Waals surface area contributed by atoms with E-state index < -0.39 is 0 Å². The average molecular weight is 332 g/mol. The molecular weight excluding hydrogens is 304 g/mol. The number of amides is 2. The van der Waals surface area contributed by atoms with Crippen LogP contribution >= 0.6 is 0 Å². The second-order valence-electron chi connectivity index (χ2n) is 6.59. The van der Waals surface area contributed by atoms with Crippen LogP contribution in [0.2, 0.25) is 0 Å². The Labute approximate surface area is 144 Å². The third kappa shape index (κ3) is 5.03. The van der Waals surface area contributed by atoms with Crippen molar-refractivity contribution < 1.29 is 9.59 Å². The van der Waals surface area contributed by atoms with Crippen molar-refractivity contribution in [3.63, 3.8) is 0 Å². The maximum absolute atomic E-state index is 12.6. The molecule has 24 heavy (non-hydrogen) atoms. The molecule has 1 fully saturated rings. The second-order valence-corrected chi connectivity index (χ2v) is 6.59. The van der Waals surface area contributed by atoms with Crippen molar-refractivity contribution in [1.29, 1.82) is 0 Å². The van der Waals surface area contributed by atoms with E-state index in [1.54, 1.807) is 12.1 Å². The number of nitrogens with one attached hydrogen (secondary N) is 1. The van der Waals surface area contributed by atoms with Gasteiger partial charge in [0, 0.05) is 44.5 Å². The zero-order chi connectivity index (χ0) is 17.5. The zero-order valence-electron chi connectivity index (χ0n) is 14.9. The van der Waals surface area contributed by atoms with Crippen molar-refractivity contribution in [3.05, 3.63) is 29.6 Å². The summed E-state index contributed by atoms with van der Waals surface area (Å²) in [5.41, 5.74) is 0.834. The lowest BCUT2D eigenvalue weighted by molar-refractivity contribution is 0.0637. The van der Waals surface area contributed by atoms with Gasteiger partial charge < -0.3 is 15.1 Å². The number of pyridine rings is 1. The van der Waals surface area contributed by atoms with Gasteiger partial charge in [0.1, 0.15) is 5.69 Å². The zero-order valence-corrected chi connectivity index (χ0v) is 14.9. The molecule has 2 amide bonds. The fourth-order valence-electron chi connectivity index (χ4n) is 2.69. The summed E-state index contributed by atoms with van der Waals surface area (Å²) >= 11 is 0. The third-order valence-corrected chi connectivity index (χ3v) is 4.36. The monoisotopic (exact) mass is 332 g/mol. The molecule has 0 saturated carbocycles. The molecule has 1 aliphatic rings. The molecule has 0 aromatic carbocycles. The molecule has 6 nitrogen and oxygen atoms in total. The van der Waals surface area contributed by atoms with Gasteiger partial charge in [-0.2, -0.15) is 0 Å². The molecule has 1 N–H and O–H groups in total. The quantitative estimate of drug-likeness (QED) is 0.860. The van der Waals surface area contributed by atoms with Gasteiger partial charge in [-0.25, -0.2) is 0 Å². The van der Waals surface area contributed by atoms with Crippen LogP contribution in [0.5, 0.6) is 0 Å². The van der Waals surface area contributed by atoms with Gasteiger partial charge in [0.05, 0.1) is 0 Å². The predicted octanol–water partition coefficient (Wildman–Crippen LogP) is 1.64. The van der Waals surface area contributed by atoms with Gasteiger partial charge in [-0.15, -0.1) is 0 Å². The smallest absolute Gasteiger partial charge is 0.272 e. The summed E-state index contributed by atoms with van der Waals surface area (Å²) in [6, 6.07) is 3.25. The highest BCUT2D eigenvalue weighted by Gasteiger charge is 2.22. The number of piperazine rings is 1. The Morgan fingerprint density at radius 2 is 1.96 bits per heavy atom. The fraction of sp³-hybridized carbons (Fsp3) is 0.611. The Kier molecular flexibility index (Phi) is 6.73. The van der Waals surface area contributed by atoms with Crippen LogP contribution in [0, 0.1) is 5.92 Å². The van der Waals surface area contributed by atoms with Gasteiger partial charge in [0.2, 0.25) is 0 Å². The van der Waals surface area contributed by atoms with Gasteiger partial charge in [-0.05, 0) is 31.0 Å². The van der Waals surface area contributed by atoms with Crippen LogP contribution in [0.3, 0.4) is 0 Å².